The maximum absolute atomic E-state index is 12.4. The van der Waals surface area contributed by atoms with Gasteiger partial charge in [0.15, 0.2) is 0 Å². The Morgan fingerprint density at radius 3 is 2.56 bits per heavy atom. The van der Waals surface area contributed by atoms with E-state index in [2.05, 4.69) is 30.4 Å². The number of sulfonamides is 1. The van der Waals surface area contributed by atoms with Gasteiger partial charge < -0.3 is 20.6 Å². The van der Waals surface area contributed by atoms with Crippen molar-refractivity contribution < 1.29 is 13.5 Å². The molecule has 0 unspecified atom stereocenters. The van der Waals surface area contributed by atoms with Crippen LogP contribution < -0.4 is 20.7 Å². The number of aliphatic hydroxyl groups excluding tert-OH is 1. The van der Waals surface area contributed by atoms with E-state index >= 15 is 0 Å². The smallest absolute Gasteiger partial charge is 0.240 e. The predicted octanol–water partition coefficient (Wildman–Crippen LogP) is 2.03. The lowest BCUT2D eigenvalue weighted by Gasteiger charge is -2.36. The van der Waals surface area contributed by atoms with Gasteiger partial charge in [0.1, 0.15) is 17.0 Å². The lowest BCUT2D eigenvalue weighted by Crippen LogP contribution is -2.47. The molecule has 0 atom stereocenters. The van der Waals surface area contributed by atoms with Crippen molar-refractivity contribution in [3.63, 3.8) is 0 Å². The molecule has 1 aromatic heterocycles. The average molecular weight is 484 g/mol. The molecule has 5 N–H and O–H groups in total. The fourth-order valence-electron chi connectivity index (χ4n) is 3.95. The van der Waals surface area contributed by atoms with E-state index in [4.69, 9.17) is 10.2 Å². The summed E-state index contributed by atoms with van der Waals surface area (Å²) in [6, 6.07) is 12.7. The number of β-amino-alcohol motifs (C(OH)–C–C–N with tert-alkyl or cyclic N) is 1. The number of rotatable bonds is 8. The number of nitrogens with zero attached hydrogens (tertiary/aromatic N) is 4. The minimum Gasteiger partial charge on any atom is -0.395 e. The van der Waals surface area contributed by atoms with Crippen LogP contribution in [0, 0.1) is 6.92 Å². The molecule has 0 spiro atoms. The Balaban J connectivity index is 1.63. The van der Waals surface area contributed by atoms with E-state index in [0.29, 0.717) is 23.7 Å². The summed E-state index contributed by atoms with van der Waals surface area (Å²) in [5.41, 5.74) is 3.44. The molecular weight excluding hydrogens is 454 g/mol. The fourth-order valence-corrected chi connectivity index (χ4v) is 4.67. The number of piperazine rings is 1. The molecule has 1 fully saturated rings. The maximum Gasteiger partial charge on any atom is 0.240 e. The van der Waals surface area contributed by atoms with Crippen molar-refractivity contribution in [3.05, 3.63) is 60.6 Å². The van der Waals surface area contributed by atoms with Crippen LogP contribution in [0.5, 0.6) is 0 Å². The summed E-state index contributed by atoms with van der Waals surface area (Å²) < 4.78 is 24.7. The van der Waals surface area contributed by atoms with Gasteiger partial charge in [-0.05, 0) is 37.3 Å². The van der Waals surface area contributed by atoms with Gasteiger partial charge in [0, 0.05) is 55.9 Å². The maximum atomic E-state index is 12.4. The molecule has 11 heteroatoms. The van der Waals surface area contributed by atoms with Crippen molar-refractivity contribution in [2.45, 2.75) is 11.8 Å². The highest BCUT2D eigenvalue weighted by Gasteiger charge is 2.20. The van der Waals surface area contributed by atoms with Crippen LogP contribution in [-0.2, 0) is 10.0 Å². The number of nitrogens with two attached hydrogens (primary N) is 1. The zero-order valence-electron chi connectivity index (χ0n) is 19.0. The van der Waals surface area contributed by atoms with Crippen LogP contribution in [0.3, 0.4) is 0 Å². The first-order valence-corrected chi connectivity index (χ1v) is 12.5. The Morgan fingerprint density at radius 1 is 1.09 bits per heavy atom. The highest BCUT2D eigenvalue weighted by molar-refractivity contribution is 7.89. The van der Waals surface area contributed by atoms with Crippen molar-refractivity contribution in [1.29, 1.82) is 0 Å². The minimum absolute atomic E-state index is 0.0211. The van der Waals surface area contributed by atoms with E-state index in [1.807, 2.05) is 31.2 Å². The quantitative estimate of drug-likeness (QED) is 0.379. The number of hydrogen-bond acceptors (Lipinski definition) is 9. The normalized spacial score (nSPS) is 14.7. The van der Waals surface area contributed by atoms with Gasteiger partial charge in [-0.3, -0.25) is 4.90 Å². The Morgan fingerprint density at radius 2 is 1.85 bits per heavy atom. The van der Waals surface area contributed by atoms with Gasteiger partial charge >= 0.3 is 0 Å². The Bertz CT molecular complexity index is 1240. The van der Waals surface area contributed by atoms with Gasteiger partial charge in [-0.2, -0.15) is 0 Å². The number of benzene rings is 2. The molecule has 1 aliphatic heterocycles. The molecule has 10 nitrogen and oxygen atoms in total. The lowest BCUT2D eigenvalue weighted by molar-refractivity contribution is 0.189. The fraction of sp³-hybridized carbons (Fsp3) is 0.304. The molecule has 1 saturated heterocycles. The second kappa shape index (κ2) is 10.3. The van der Waals surface area contributed by atoms with E-state index in [-0.39, 0.29) is 11.5 Å². The molecule has 0 radical (unpaired) electrons. The standard InChI is InChI=1S/C23H29N7O3S/c1-17-15-25-16-26-23(17)28-20-6-3-7-21(34(24,32)33)22(20)27-18-4-2-5-19(14-18)30-10-8-29(9-11-30)12-13-31/h2-7,14-16,27,31H,8-13H2,1H3,(H2,24,32,33)(H,25,26,28). The molecule has 4 rings (SSSR count). The minimum atomic E-state index is -3.99. The molecule has 180 valence electrons. The summed E-state index contributed by atoms with van der Waals surface area (Å²) in [6.45, 7) is 6.14. The molecule has 0 aliphatic carbocycles. The highest BCUT2D eigenvalue weighted by atomic mass is 32.2. The van der Waals surface area contributed by atoms with Gasteiger partial charge in [0.2, 0.25) is 10.0 Å². The summed E-state index contributed by atoms with van der Waals surface area (Å²) in [6.07, 6.45) is 3.10. The Hall–Kier alpha value is -3.25. The first-order chi connectivity index (χ1) is 16.3. The number of aliphatic hydroxyl groups is 1. The summed E-state index contributed by atoms with van der Waals surface area (Å²) in [7, 11) is -3.99. The molecule has 1 aliphatic rings. The van der Waals surface area contributed by atoms with Gasteiger partial charge in [0.05, 0.1) is 18.0 Å². The van der Waals surface area contributed by atoms with E-state index in [9.17, 15) is 8.42 Å². The van der Waals surface area contributed by atoms with E-state index < -0.39 is 10.0 Å². The molecule has 2 heterocycles. The van der Waals surface area contributed by atoms with Crippen LogP contribution >= 0.6 is 0 Å². The highest BCUT2D eigenvalue weighted by Crippen LogP contribution is 2.35. The summed E-state index contributed by atoms with van der Waals surface area (Å²) in [5.74, 6) is 0.569. The van der Waals surface area contributed by atoms with Gasteiger partial charge in [0.25, 0.3) is 0 Å². The predicted molar refractivity (Wildman–Crippen MR) is 133 cm³/mol. The SMILES string of the molecule is Cc1cncnc1Nc1cccc(S(N)(=O)=O)c1Nc1cccc(N2CCN(CCO)CC2)c1. The second-order valence-corrected chi connectivity index (χ2v) is 9.66. The van der Waals surface area contributed by atoms with Crippen LogP contribution in [0.1, 0.15) is 5.56 Å². The zero-order valence-corrected chi connectivity index (χ0v) is 19.8. The summed E-state index contributed by atoms with van der Waals surface area (Å²) in [4.78, 5) is 12.7. The third kappa shape index (κ3) is 5.62. The van der Waals surface area contributed by atoms with Crippen LogP contribution in [0.25, 0.3) is 0 Å². The number of anilines is 5. The topological polar surface area (TPSA) is 137 Å². The number of primary sulfonamides is 1. The van der Waals surface area contributed by atoms with E-state index in [1.165, 1.54) is 12.4 Å². The largest absolute Gasteiger partial charge is 0.395 e. The van der Waals surface area contributed by atoms with Crippen molar-refractivity contribution in [3.8, 4) is 0 Å². The van der Waals surface area contributed by atoms with Crippen molar-refractivity contribution >= 4 is 38.6 Å². The van der Waals surface area contributed by atoms with Crippen LogP contribution in [-0.4, -0.2) is 67.7 Å². The Labute approximate surface area is 199 Å². The van der Waals surface area contributed by atoms with Gasteiger partial charge in [-0.1, -0.05) is 12.1 Å². The number of para-hydroxylation sites is 1. The first kappa shape index (κ1) is 23.9. The van der Waals surface area contributed by atoms with Gasteiger partial charge in [-0.25, -0.2) is 23.5 Å². The van der Waals surface area contributed by atoms with Crippen LogP contribution in [0.2, 0.25) is 0 Å². The van der Waals surface area contributed by atoms with Crippen molar-refractivity contribution in [1.82, 2.24) is 14.9 Å². The average Bonchev–Trinajstić information content (AvgIpc) is 2.82. The Kier molecular flexibility index (Phi) is 7.27. The number of aryl methyl sites for hydroxylation is 1. The molecule has 0 bridgehead atoms. The zero-order chi connectivity index (χ0) is 24.1. The molecule has 2 aromatic carbocycles. The van der Waals surface area contributed by atoms with Gasteiger partial charge in [-0.15, -0.1) is 0 Å². The van der Waals surface area contributed by atoms with Crippen LogP contribution in [0.15, 0.2) is 59.9 Å². The van der Waals surface area contributed by atoms with E-state index in [1.54, 1.807) is 18.3 Å². The molecule has 0 saturated carbocycles. The first-order valence-electron chi connectivity index (χ1n) is 11.0. The number of nitrogens with one attached hydrogen (secondary N) is 2. The van der Waals surface area contributed by atoms with Crippen LogP contribution in [0.4, 0.5) is 28.6 Å². The molecule has 0 amide bonds. The third-order valence-electron chi connectivity index (χ3n) is 5.75. The summed E-state index contributed by atoms with van der Waals surface area (Å²) >= 11 is 0. The van der Waals surface area contributed by atoms with E-state index in [0.717, 1.165) is 43.1 Å². The second-order valence-electron chi connectivity index (χ2n) is 8.13. The third-order valence-corrected chi connectivity index (χ3v) is 6.70. The van der Waals surface area contributed by atoms with Crippen molar-refractivity contribution in [2.75, 3.05) is 54.9 Å². The monoisotopic (exact) mass is 483 g/mol. The lowest BCUT2D eigenvalue weighted by atomic mass is 10.2. The molecule has 34 heavy (non-hydrogen) atoms. The number of hydrogen-bond donors (Lipinski definition) is 4. The number of aromatic nitrogens is 2. The molecular formula is C23H29N7O3S. The summed E-state index contributed by atoms with van der Waals surface area (Å²) in [5, 5.41) is 21.2. The molecule has 3 aromatic rings. The van der Waals surface area contributed by atoms with Crippen molar-refractivity contribution in [2.24, 2.45) is 5.14 Å².